The fourth-order valence-electron chi connectivity index (χ4n) is 3.33. The highest BCUT2D eigenvalue weighted by Gasteiger charge is 2.35. The third-order valence-electron chi connectivity index (χ3n) is 4.68. The number of aliphatic hydroxyl groups excluding tert-OH is 1. The lowest BCUT2D eigenvalue weighted by Crippen LogP contribution is -2.43. The van der Waals surface area contributed by atoms with Crippen LogP contribution in [0.15, 0.2) is 24.3 Å². The first-order valence-corrected chi connectivity index (χ1v) is 8.04. The molecule has 0 spiro atoms. The van der Waals surface area contributed by atoms with Gasteiger partial charge in [0.25, 0.3) is 0 Å². The van der Waals surface area contributed by atoms with E-state index in [1.807, 2.05) is 0 Å². The molecule has 2 amide bonds. The molecule has 5 nitrogen and oxygen atoms in total. The van der Waals surface area contributed by atoms with Crippen molar-refractivity contribution in [2.45, 2.75) is 44.4 Å². The van der Waals surface area contributed by atoms with Crippen molar-refractivity contribution in [1.29, 1.82) is 0 Å². The summed E-state index contributed by atoms with van der Waals surface area (Å²) in [7, 11) is 0. The normalized spacial score (nSPS) is 27.5. The fourth-order valence-corrected chi connectivity index (χ4v) is 3.33. The molecule has 2 fully saturated rings. The summed E-state index contributed by atoms with van der Waals surface area (Å²) >= 11 is 0. The van der Waals surface area contributed by atoms with Gasteiger partial charge in [0.2, 0.25) is 11.8 Å². The number of carbonyl (C=O) groups is 2. The Kier molecular flexibility index (Phi) is 4.61. The summed E-state index contributed by atoms with van der Waals surface area (Å²) < 4.78 is 12.9. The first kappa shape index (κ1) is 15.9. The van der Waals surface area contributed by atoms with Gasteiger partial charge in [0.05, 0.1) is 6.10 Å². The molecule has 2 aliphatic rings. The topological polar surface area (TPSA) is 69.6 Å². The molecule has 1 aromatic carbocycles. The van der Waals surface area contributed by atoms with E-state index in [9.17, 15) is 19.1 Å². The molecule has 3 rings (SSSR count). The second-order valence-corrected chi connectivity index (χ2v) is 6.40. The second kappa shape index (κ2) is 6.66. The standard InChI is InChI=1S/C17H21FN2O3/c18-13-4-1-11(2-5-13)10-20-8-7-15(17(20)23)19-16(22)12-3-6-14(21)9-12/h1-2,4-5,12,14-15,21H,3,6-10H2,(H,19,22)/t12-,14-,15-/m1/s1. The summed E-state index contributed by atoms with van der Waals surface area (Å²) in [6, 6.07) is 5.59. The minimum absolute atomic E-state index is 0.0961. The van der Waals surface area contributed by atoms with Gasteiger partial charge in [-0.1, -0.05) is 12.1 Å². The van der Waals surface area contributed by atoms with E-state index in [0.29, 0.717) is 38.8 Å². The van der Waals surface area contributed by atoms with Crippen molar-refractivity contribution in [2.24, 2.45) is 5.92 Å². The molecule has 1 saturated heterocycles. The lowest BCUT2D eigenvalue weighted by atomic mass is 10.1. The smallest absolute Gasteiger partial charge is 0.245 e. The van der Waals surface area contributed by atoms with Gasteiger partial charge in [0, 0.05) is 19.0 Å². The number of carbonyl (C=O) groups excluding carboxylic acids is 2. The van der Waals surface area contributed by atoms with E-state index >= 15 is 0 Å². The predicted octanol–water partition coefficient (Wildman–Crippen LogP) is 1.20. The average molecular weight is 320 g/mol. The number of aliphatic hydroxyl groups is 1. The van der Waals surface area contributed by atoms with Crippen molar-refractivity contribution in [1.82, 2.24) is 10.2 Å². The van der Waals surface area contributed by atoms with Gasteiger partial charge in [-0.05, 0) is 43.4 Å². The van der Waals surface area contributed by atoms with Crippen LogP contribution in [0, 0.1) is 11.7 Å². The molecule has 3 atom stereocenters. The summed E-state index contributed by atoms with van der Waals surface area (Å²) in [5, 5.41) is 12.3. The Morgan fingerprint density at radius 2 is 2.00 bits per heavy atom. The summed E-state index contributed by atoms with van der Waals surface area (Å²) in [4.78, 5) is 26.2. The lowest BCUT2D eigenvalue weighted by Gasteiger charge is -2.18. The van der Waals surface area contributed by atoms with E-state index in [0.717, 1.165) is 5.56 Å². The average Bonchev–Trinajstić information content (AvgIpc) is 3.10. The number of likely N-dealkylation sites (tertiary alicyclic amines) is 1. The maximum atomic E-state index is 12.9. The maximum Gasteiger partial charge on any atom is 0.245 e. The van der Waals surface area contributed by atoms with Crippen molar-refractivity contribution < 1.29 is 19.1 Å². The molecule has 0 bridgehead atoms. The van der Waals surface area contributed by atoms with E-state index in [-0.39, 0.29) is 23.5 Å². The summed E-state index contributed by atoms with van der Waals surface area (Å²) in [6.07, 6.45) is 1.98. The van der Waals surface area contributed by atoms with Gasteiger partial charge in [-0.25, -0.2) is 4.39 Å². The van der Waals surface area contributed by atoms with Crippen LogP contribution >= 0.6 is 0 Å². The molecule has 1 aliphatic heterocycles. The second-order valence-electron chi connectivity index (χ2n) is 6.40. The zero-order valence-electron chi connectivity index (χ0n) is 12.9. The third kappa shape index (κ3) is 3.69. The van der Waals surface area contributed by atoms with E-state index in [1.165, 1.54) is 12.1 Å². The van der Waals surface area contributed by atoms with Crippen molar-refractivity contribution in [3.63, 3.8) is 0 Å². The SMILES string of the molecule is O=C(N[C@@H]1CCN(Cc2ccc(F)cc2)C1=O)[C@@H]1CC[C@@H](O)C1. The van der Waals surface area contributed by atoms with Crippen LogP contribution in [-0.2, 0) is 16.1 Å². The first-order valence-electron chi connectivity index (χ1n) is 8.04. The fraction of sp³-hybridized carbons (Fsp3) is 0.529. The maximum absolute atomic E-state index is 12.9. The molecule has 6 heteroatoms. The van der Waals surface area contributed by atoms with Crippen LogP contribution in [0.3, 0.4) is 0 Å². The number of hydrogen-bond acceptors (Lipinski definition) is 3. The molecule has 124 valence electrons. The van der Waals surface area contributed by atoms with Crippen LogP contribution in [0.1, 0.15) is 31.2 Å². The lowest BCUT2D eigenvalue weighted by molar-refractivity contribution is -0.134. The number of halogens is 1. The Hall–Kier alpha value is -1.95. The quantitative estimate of drug-likeness (QED) is 0.876. The molecule has 1 aromatic rings. The highest BCUT2D eigenvalue weighted by Crippen LogP contribution is 2.26. The van der Waals surface area contributed by atoms with Crippen molar-refractivity contribution in [2.75, 3.05) is 6.54 Å². The highest BCUT2D eigenvalue weighted by molar-refractivity contribution is 5.90. The van der Waals surface area contributed by atoms with Crippen molar-refractivity contribution in [3.8, 4) is 0 Å². The van der Waals surface area contributed by atoms with Gasteiger partial charge in [-0.2, -0.15) is 0 Å². The Balaban J connectivity index is 1.54. The zero-order valence-corrected chi connectivity index (χ0v) is 12.9. The van der Waals surface area contributed by atoms with Crippen LogP contribution in [0.5, 0.6) is 0 Å². The molecule has 0 aromatic heterocycles. The van der Waals surface area contributed by atoms with Gasteiger partial charge in [0.15, 0.2) is 0 Å². The monoisotopic (exact) mass is 320 g/mol. The number of benzene rings is 1. The molecule has 23 heavy (non-hydrogen) atoms. The van der Waals surface area contributed by atoms with Crippen LogP contribution in [0.25, 0.3) is 0 Å². The number of amides is 2. The minimum Gasteiger partial charge on any atom is -0.393 e. The van der Waals surface area contributed by atoms with E-state index in [2.05, 4.69) is 5.32 Å². The molecular formula is C17H21FN2O3. The number of nitrogens with one attached hydrogen (secondary N) is 1. The Labute approximate surface area is 134 Å². The highest BCUT2D eigenvalue weighted by atomic mass is 19.1. The number of rotatable bonds is 4. The molecule has 1 aliphatic carbocycles. The van der Waals surface area contributed by atoms with E-state index < -0.39 is 12.1 Å². The zero-order chi connectivity index (χ0) is 16.4. The predicted molar refractivity (Wildman–Crippen MR) is 81.7 cm³/mol. The first-order chi connectivity index (χ1) is 11.0. The molecule has 0 unspecified atom stereocenters. The molecular weight excluding hydrogens is 299 g/mol. The van der Waals surface area contributed by atoms with Crippen molar-refractivity contribution >= 4 is 11.8 Å². The van der Waals surface area contributed by atoms with E-state index in [4.69, 9.17) is 0 Å². The number of nitrogens with zero attached hydrogens (tertiary/aromatic N) is 1. The molecule has 1 saturated carbocycles. The molecule has 0 radical (unpaired) electrons. The van der Waals surface area contributed by atoms with Crippen LogP contribution in [-0.4, -0.2) is 40.5 Å². The van der Waals surface area contributed by atoms with Gasteiger partial charge in [-0.15, -0.1) is 0 Å². The van der Waals surface area contributed by atoms with Gasteiger partial charge in [0.1, 0.15) is 11.9 Å². The van der Waals surface area contributed by atoms with Crippen LogP contribution in [0.4, 0.5) is 4.39 Å². The van der Waals surface area contributed by atoms with Gasteiger partial charge >= 0.3 is 0 Å². The number of hydrogen-bond donors (Lipinski definition) is 2. The summed E-state index contributed by atoms with van der Waals surface area (Å²) in [6.45, 7) is 1.00. The Morgan fingerprint density at radius 3 is 2.65 bits per heavy atom. The minimum atomic E-state index is -0.485. The Bertz CT molecular complexity index is 590. The summed E-state index contributed by atoms with van der Waals surface area (Å²) in [5.41, 5.74) is 0.866. The van der Waals surface area contributed by atoms with Crippen LogP contribution < -0.4 is 5.32 Å². The van der Waals surface area contributed by atoms with Gasteiger partial charge in [-0.3, -0.25) is 9.59 Å². The largest absolute Gasteiger partial charge is 0.393 e. The van der Waals surface area contributed by atoms with Crippen LogP contribution in [0.2, 0.25) is 0 Å². The van der Waals surface area contributed by atoms with E-state index in [1.54, 1.807) is 17.0 Å². The van der Waals surface area contributed by atoms with Crippen molar-refractivity contribution in [3.05, 3.63) is 35.6 Å². The molecule has 1 heterocycles. The Morgan fingerprint density at radius 1 is 1.26 bits per heavy atom. The molecule has 2 N–H and O–H groups in total. The van der Waals surface area contributed by atoms with Gasteiger partial charge < -0.3 is 15.3 Å². The summed E-state index contributed by atoms with van der Waals surface area (Å²) in [5.74, 6) is -0.723. The third-order valence-corrected chi connectivity index (χ3v) is 4.68.